The number of hydrogen-bond acceptors (Lipinski definition) is 4. The zero-order valence-electron chi connectivity index (χ0n) is 19.1. The maximum Gasteiger partial charge on any atom is 0.256 e. The molecule has 1 N–H and O–H groups in total. The number of nitrogens with one attached hydrogen (secondary N) is 1. The Labute approximate surface area is 189 Å². The number of piperidine rings is 1. The molecule has 1 amide bonds. The minimum absolute atomic E-state index is 0.0704. The third kappa shape index (κ3) is 4.35. The predicted molar refractivity (Wildman–Crippen MR) is 125 cm³/mol. The summed E-state index contributed by atoms with van der Waals surface area (Å²) in [6, 6.07) is 4.81. The van der Waals surface area contributed by atoms with Crippen LogP contribution in [-0.4, -0.2) is 42.3 Å². The number of fused-ring (bicyclic) bond motifs is 1. The first-order valence-electron chi connectivity index (χ1n) is 11.7. The van der Waals surface area contributed by atoms with Crippen LogP contribution >= 0.6 is 0 Å². The Balaban J connectivity index is 1.76. The van der Waals surface area contributed by atoms with Crippen LogP contribution in [0.5, 0.6) is 0 Å². The van der Waals surface area contributed by atoms with E-state index in [1.54, 1.807) is 18.3 Å². The lowest BCUT2D eigenvalue weighted by Gasteiger charge is -2.34. The van der Waals surface area contributed by atoms with Crippen LogP contribution in [0.15, 0.2) is 34.1 Å². The lowest BCUT2D eigenvalue weighted by molar-refractivity contribution is 0.0936. The zero-order chi connectivity index (χ0) is 23.0. The van der Waals surface area contributed by atoms with Gasteiger partial charge in [0.2, 0.25) is 15.5 Å². The van der Waals surface area contributed by atoms with Crippen LogP contribution in [0, 0.1) is 11.8 Å². The molecule has 0 unspecified atom stereocenters. The fourth-order valence-corrected chi connectivity index (χ4v) is 6.95. The highest BCUT2D eigenvalue weighted by atomic mass is 32.2. The lowest BCUT2D eigenvalue weighted by atomic mass is 9.94. The van der Waals surface area contributed by atoms with Crippen LogP contribution in [0.1, 0.15) is 63.2 Å². The smallest absolute Gasteiger partial charge is 0.256 e. The first-order chi connectivity index (χ1) is 15.2. The first-order valence-corrected chi connectivity index (χ1v) is 13.1. The summed E-state index contributed by atoms with van der Waals surface area (Å²) in [5, 5.41) is 3.25. The third-order valence-corrected chi connectivity index (χ3v) is 8.63. The van der Waals surface area contributed by atoms with E-state index >= 15 is 0 Å². The molecule has 2 fully saturated rings. The third-order valence-electron chi connectivity index (χ3n) is 6.80. The highest BCUT2D eigenvalue weighted by molar-refractivity contribution is 7.89. The minimum atomic E-state index is -3.72. The number of nitrogens with zero attached hydrogens (tertiary/aromatic N) is 2. The number of aromatic nitrogens is 1. The molecule has 1 aromatic heterocycles. The van der Waals surface area contributed by atoms with Crippen molar-refractivity contribution in [3.8, 4) is 0 Å². The molecule has 1 saturated heterocycles. The molecular formula is C24H33N3O4S. The Morgan fingerprint density at radius 3 is 2.41 bits per heavy atom. The molecule has 174 valence electrons. The molecule has 2 heterocycles. The van der Waals surface area contributed by atoms with Crippen LogP contribution in [0.4, 0.5) is 0 Å². The predicted octanol–water partition coefficient (Wildman–Crippen LogP) is 3.36. The van der Waals surface area contributed by atoms with Crippen molar-refractivity contribution in [2.45, 2.75) is 70.4 Å². The van der Waals surface area contributed by atoms with Gasteiger partial charge in [-0.1, -0.05) is 26.7 Å². The summed E-state index contributed by atoms with van der Waals surface area (Å²) in [6.07, 6.45) is 6.61. The van der Waals surface area contributed by atoms with Crippen molar-refractivity contribution < 1.29 is 13.2 Å². The van der Waals surface area contributed by atoms with Crippen molar-refractivity contribution in [3.05, 3.63) is 40.2 Å². The molecule has 7 nitrogen and oxygen atoms in total. The number of amides is 1. The normalized spacial score (nSPS) is 23.0. The van der Waals surface area contributed by atoms with E-state index in [0.717, 1.165) is 32.1 Å². The quantitative estimate of drug-likeness (QED) is 0.743. The number of benzene rings is 1. The van der Waals surface area contributed by atoms with E-state index in [-0.39, 0.29) is 39.6 Å². The molecule has 1 saturated carbocycles. The van der Waals surface area contributed by atoms with Crippen LogP contribution in [0.25, 0.3) is 10.9 Å². The van der Waals surface area contributed by atoms with Gasteiger partial charge in [-0.3, -0.25) is 9.59 Å². The molecule has 0 bridgehead atoms. The van der Waals surface area contributed by atoms with Crippen LogP contribution < -0.4 is 10.7 Å². The summed E-state index contributed by atoms with van der Waals surface area (Å²) in [5.41, 5.74) is 0.285. The Hall–Kier alpha value is -2.19. The van der Waals surface area contributed by atoms with Gasteiger partial charge in [0.05, 0.1) is 10.4 Å². The van der Waals surface area contributed by atoms with E-state index < -0.39 is 15.5 Å². The van der Waals surface area contributed by atoms with Crippen molar-refractivity contribution in [2.75, 3.05) is 13.1 Å². The highest BCUT2D eigenvalue weighted by Gasteiger charge is 2.32. The van der Waals surface area contributed by atoms with Crippen LogP contribution in [0.3, 0.4) is 0 Å². The summed E-state index contributed by atoms with van der Waals surface area (Å²) in [5.74, 6) is 0.201. The van der Waals surface area contributed by atoms with Gasteiger partial charge in [-0.05, 0) is 56.2 Å². The van der Waals surface area contributed by atoms with Gasteiger partial charge in [-0.15, -0.1) is 0 Å². The number of carbonyl (C=O) groups is 1. The Morgan fingerprint density at radius 2 is 1.78 bits per heavy atom. The van der Waals surface area contributed by atoms with E-state index in [4.69, 9.17) is 0 Å². The maximum absolute atomic E-state index is 13.4. The summed E-state index contributed by atoms with van der Waals surface area (Å²) < 4.78 is 30.1. The Kier molecular flexibility index (Phi) is 6.45. The topological polar surface area (TPSA) is 88.5 Å². The summed E-state index contributed by atoms with van der Waals surface area (Å²) in [4.78, 5) is 26.3. The van der Waals surface area contributed by atoms with Gasteiger partial charge < -0.3 is 9.88 Å². The van der Waals surface area contributed by atoms with E-state index in [2.05, 4.69) is 19.2 Å². The van der Waals surface area contributed by atoms with Gasteiger partial charge in [0, 0.05) is 37.3 Å². The standard InChI is InChI=1S/C24H33N3O4S/c1-4-26-15-21(24(29)25-18-7-5-6-8-18)23(28)20-12-19(9-10-22(20)26)32(30,31)27-13-16(2)11-17(3)14-27/h9-10,12,15-18H,4-8,11,13-14H2,1-3H3,(H,25,29)/t16-,17-/m0/s1. The fourth-order valence-electron chi connectivity index (χ4n) is 5.24. The number of sulfonamides is 1. The molecule has 1 aromatic carbocycles. The molecule has 0 spiro atoms. The lowest BCUT2D eigenvalue weighted by Crippen LogP contribution is -2.42. The van der Waals surface area contributed by atoms with Gasteiger partial charge in [0.15, 0.2) is 0 Å². The molecular weight excluding hydrogens is 426 g/mol. The fraction of sp³-hybridized carbons (Fsp3) is 0.583. The second-order valence-corrected chi connectivity index (χ2v) is 11.5. The van der Waals surface area contributed by atoms with Crippen molar-refractivity contribution in [2.24, 2.45) is 11.8 Å². The zero-order valence-corrected chi connectivity index (χ0v) is 20.0. The second kappa shape index (κ2) is 8.98. The van der Waals surface area contributed by atoms with E-state index in [1.165, 1.54) is 10.4 Å². The number of carbonyl (C=O) groups excluding carboxylic acids is 1. The van der Waals surface area contributed by atoms with Gasteiger partial charge in [0.1, 0.15) is 5.56 Å². The molecule has 2 aromatic rings. The van der Waals surface area contributed by atoms with Crippen LogP contribution in [0.2, 0.25) is 0 Å². The van der Waals surface area contributed by atoms with Crippen molar-refractivity contribution >= 4 is 26.8 Å². The maximum atomic E-state index is 13.4. The molecule has 8 heteroatoms. The molecule has 1 aliphatic carbocycles. The highest BCUT2D eigenvalue weighted by Crippen LogP contribution is 2.28. The number of rotatable bonds is 5. The van der Waals surface area contributed by atoms with Crippen LogP contribution in [-0.2, 0) is 16.6 Å². The van der Waals surface area contributed by atoms with E-state index in [1.807, 2.05) is 11.5 Å². The van der Waals surface area contributed by atoms with Gasteiger partial charge in [-0.25, -0.2) is 8.42 Å². The SMILES string of the molecule is CCn1cc(C(=O)NC2CCCC2)c(=O)c2cc(S(=O)(=O)N3C[C@@H](C)C[C@H](C)C3)ccc21. The monoisotopic (exact) mass is 459 g/mol. The average Bonchev–Trinajstić information content (AvgIpc) is 3.26. The number of pyridine rings is 1. The van der Waals surface area contributed by atoms with Crippen molar-refractivity contribution in [1.29, 1.82) is 0 Å². The summed E-state index contributed by atoms with van der Waals surface area (Å²) >= 11 is 0. The number of aryl methyl sites for hydroxylation is 1. The van der Waals surface area contributed by atoms with E-state index in [0.29, 0.717) is 25.2 Å². The molecule has 1 aliphatic heterocycles. The van der Waals surface area contributed by atoms with Crippen molar-refractivity contribution in [1.82, 2.24) is 14.2 Å². The largest absolute Gasteiger partial charge is 0.349 e. The molecule has 2 aliphatic rings. The van der Waals surface area contributed by atoms with Gasteiger partial charge in [-0.2, -0.15) is 4.31 Å². The number of hydrogen-bond donors (Lipinski definition) is 1. The first kappa shape index (κ1) is 23.0. The molecule has 4 rings (SSSR count). The van der Waals surface area contributed by atoms with Gasteiger partial charge in [0.25, 0.3) is 5.91 Å². The summed E-state index contributed by atoms with van der Waals surface area (Å²) in [7, 11) is -3.72. The Morgan fingerprint density at radius 1 is 1.12 bits per heavy atom. The van der Waals surface area contributed by atoms with Gasteiger partial charge >= 0.3 is 0 Å². The molecule has 0 radical (unpaired) electrons. The minimum Gasteiger partial charge on any atom is -0.349 e. The summed E-state index contributed by atoms with van der Waals surface area (Å²) in [6.45, 7) is 7.58. The molecule has 2 atom stereocenters. The molecule has 32 heavy (non-hydrogen) atoms. The second-order valence-electron chi connectivity index (χ2n) is 9.56. The average molecular weight is 460 g/mol. The Bertz CT molecular complexity index is 1170. The van der Waals surface area contributed by atoms with E-state index in [9.17, 15) is 18.0 Å². The van der Waals surface area contributed by atoms with Crippen molar-refractivity contribution in [3.63, 3.8) is 0 Å².